The normalized spacial score (nSPS) is 11.1. The summed E-state index contributed by atoms with van der Waals surface area (Å²) < 4.78 is 22.6. The van der Waals surface area contributed by atoms with Crippen molar-refractivity contribution in [1.82, 2.24) is 29.7 Å². The molecule has 3 aromatic heterocycles. The first-order valence-corrected chi connectivity index (χ1v) is 12.7. The van der Waals surface area contributed by atoms with Crippen LogP contribution in [0, 0.1) is 5.82 Å². The van der Waals surface area contributed by atoms with E-state index in [-0.39, 0.29) is 18.3 Å². The van der Waals surface area contributed by atoms with Crippen molar-refractivity contribution < 1.29 is 13.9 Å². The Bertz CT molecular complexity index is 1710. The summed E-state index contributed by atoms with van der Waals surface area (Å²) in [6.07, 6.45) is 3.58. The van der Waals surface area contributed by atoms with E-state index in [1.54, 1.807) is 39.0 Å². The van der Waals surface area contributed by atoms with Gasteiger partial charge in [0.2, 0.25) is 0 Å². The number of halogens is 1. The number of rotatable bonds is 8. The minimum absolute atomic E-state index is 0.229. The van der Waals surface area contributed by atoms with E-state index < -0.39 is 0 Å². The third-order valence-electron chi connectivity index (χ3n) is 5.82. The zero-order chi connectivity index (χ0) is 25.9. The molecule has 3 aromatic carbocycles. The summed E-state index contributed by atoms with van der Waals surface area (Å²) in [5.41, 5.74) is 3.57. The Kier molecular flexibility index (Phi) is 6.37. The summed E-state index contributed by atoms with van der Waals surface area (Å²) in [6.45, 7) is 0.742. The first-order chi connectivity index (χ1) is 18.6. The van der Waals surface area contributed by atoms with Gasteiger partial charge in [-0.3, -0.25) is 9.20 Å². The van der Waals surface area contributed by atoms with Gasteiger partial charge in [-0.15, -0.1) is 16.4 Å². The molecular formula is C28H21FN6O2S. The molecule has 0 aliphatic rings. The van der Waals surface area contributed by atoms with E-state index in [4.69, 9.17) is 4.74 Å². The Morgan fingerprint density at radius 2 is 1.79 bits per heavy atom. The van der Waals surface area contributed by atoms with Crippen molar-refractivity contribution in [2.45, 2.75) is 13.1 Å². The van der Waals surface area contributed by atoms with Crippen LogP contribution in [0.5, 0.6) is 11.5 Å². The molecule has 0 saturated heterocycles. The third-order valence-corrected chi connectivity index (χ3v) is 6.66. The van der Waals surface area contributed by atoms with E-state index in [2.05, 4.69) is 20.6 Å². The molecule has 1 N–H and O–H groups in total. The molecule has 8 nitrogen and oxygen atoms in total. The SMILES string of the molecule is O=C(NCc1cn(Cc2cccc(Oc3ccccc3)c2)nn1)c1csc2nc(-c3ccc(F)cc3)cn12. The maximum Gasteiger partial charge on any atom is 0.269 e. The van der Waals surface area contributed by atoms with Crippen molar-refractivity contribution in [2.24, 2.45) is 0 Å². The largest absolute Gasteiger partial charge is 0.457 e. The average molecular weight is 525 g/mol. The molecule has 3 heterocycles. The first kappa shape index (κ1) is 23.6. The van der Waals surface area contributed by atoms with Crippen LogP contribution >= 0.6 is 11.3 Å². The molecule has 6 aromatic rings. The average Bonchev–Trinajstić information content (AvgIpc) is 3.65. The van der Waals surface area contributed by atoms with Crippen LogP contribution in [0.25, 0.3) is 16.2 Å². The van der Waals surface area contributed by atoms with Gasteiger partial charge in [0.1, 0.15) is 28.7 Å². The van der Waals surface area contributed by atoms with E-state index in [0.29, 0.717) is 28.6 Å². The molecule has 10 heteroatoms. The van der Waals surface area contributed by atoms with Crippen molar-refractivity contribution in [3.63, 3.8) is 0 Å². The number of thiazole rings is 1. The fourth-order valence-electron chi connectivity index (χ4n) is 3.98. The van der Waals surface area contributed by atoms with Gasteiger partial charge in [-0.2, -0.15) is 0 Å². The quantitative estimate of drug-likeness (QED) is 0.282. The number of fused-ring (bicyclic) bond motifs is 1. The maximum absolute atomic E-state index is 13.2. The van der Waals surface area contributed by atoms with Crippen LogP contribution in [0.2, 0.25) is 0 Å². The maximum atomic E-state index is 13.2. The summed E-state index contributed by atoms with van der Waals surface area (Å²) in [5.74, 6) is 0.955. The second-order valence-corrected chi connectivity index (χ2v) is 9.40. The third kappa shape index (κ3) is 5.16. The van der Waals surface area contributed by atoms with Gasteiger partial charge >= 0.3 is 0 Å². The van der Waals surface area contributed by atoms with Gasteiger partial charge in [-0.25, -0.2) is 14.1 Å². The summed E-state index contributed by atoms with van der Waals surface area (Å²) in [7, 11) is 0. The van der Waals surface area contributed by atoms with Crippen molar-refractivity contribution in [1.29, 1.82) is 0 Å². The fourth-order valence-corrected chi connectivity index (χ4v) is 4.84. The minimum Gasteiger partial charge on any atom is -0.457 e. The number of benzene rings is 3. The van der Waals surface area contributed by atoms with Gasteiger partial charge in [0.25, 0.3) is 5.91 Å². The Morgan fingerprint density at radius 3 is 2.63 bits per heavy atom. The summed E-state index contributed by atoms with van der Waals surface area (Å²) >= 11 is 1.36. The Morgan fingerprint density at radius 1 is 0.974 bits per heavy atom. The molecule has 0 unspecified atom stereocenters. The fraction of sp³-hybridized carbons (Fsp3) is 0.0714. The zero-order valence-electron chi connectivity index (χ0n) is 20.0. The number of amides is 1. The predicted octanol–water partition coefficient (Wildman–Crippen LogP) is 5.56. The number of aromatic nitrogens is 5. The topological polar surface area (TPSA) is 86.3 Å². The number of ether oxygens (including phenoxy) is 1. The lowest BCUT2D eigenvalue weighted by molar-refractivity contribution is 0.0945. The molecule has 0 spiro atoms. The van der Waals surface area contributed by atoms with Crippen LogP contribution in [0.4, 0.5) is 4.39 Å². The van der Waals surface area contributed by atoms with Gasteiger partial charge in [-0.1, -0.05) is 35.5 Å². The second kappa shape index (κ2) is 10.3. The number of nitrogens with zero attached hydrogens (tertiary/aromatic N) is 5. The van der Waals surface area contributed by atoms with Crippen LogP contribution < -0.4 is 10.1 Å². The Hall–Kier alpha value is -4.83. The smallest absolute Gasteiger partial charge is 0.269 e. The predicted molar refractivity (Wildman–Crippen MR) is 142 cm³/mol. The molecule has 6 rings (SSSR count). The molecule has 0 radical (unpaired) electrons. The van der Waals surface area contributed by atoms with Crippen LogP contribution in [-0.4, -0.2) is 30.3 Å². The number of nitrogens with one attached hydrogen (secondary N) is 1. The van der Waals surface area contributed by atoms with Crippen molar-refractivity contribution >= 4 is 22.2 Å². The lowest BCUT2D eigenvalue weighted by atomic mass is 10.2. The van der Waals surface area contributed by atoms with E-state index >= 15 is 0 Å². The van der Waals surface area contributed by atoms with Crippen molar-refractivity contribution in [3.05, 3.63) is 119 Å². The lowest BCUT2D eigenvalue weighted by Crippen LogP contribution is -2.24. The molecule has 188 valence electrons. The molecule has 1 amide bonds. The van der Waals surface area contributed by atoms with E-state index in [1.807, 2.05) is 54.6 Å². The zero-order valence-corrected chi connectivity index (χ0v) is 20.8. The Labute approximate surface area is 221 Å². The van der Waals surface area contributed by atoms with Gasteiger partial charge in [0, 0.05) is 17.1 Å². The molecule has 0 bridgehead atoms. The molecule has 0 aliphatic heterocycles. The standard InChI is InChI=1S/C28H21FN6O2S/c29-21-11-9-20(10-12-21)25-17-35-26(18-38-28(35)31-25)27(36)30-14-22-16-34(33-32-22)15-19-5-4-8-24(13-19)37-23-6-2-1-3-7-23/h1-13,16-18H,14-15H2,(H,30,36). The van der Waals surface area contributed by atoms with E-state index in [0.717, 1.165) is 22.6 Å². The van der Waals surface area contributed by atoms with E-state index in [9.17, 15) is 9.18 Å². The summed E-state index contributed by atoms with van der Waals surface area (Å²) in [4.78, 5) is 18.1. The van der Waals surface area contributed by atoms with E-state index in [1.165, 1.54) is 23.5 Å². The number of carbonyl (C=O) groups excluding carboxylic acids is 1. The number of hydrogen-bond acceptors (Lipinski definition) is 6. The Balaban J connectivity index is 1.09. The number of para-hydroxylation sites is 1. The highest BCUT2D eigenvalue weighted by molar-refractivity contribution is 7.15. The van der Waals surface area contributed by atoms with Gasteiger partial charge in [-0.05, 0) is 54.1 Å². The minimum atomic E-state index is -0.308. The van der Waals surface area contributed by atoms with Crippen LogP contribution in [-0.2, 0) is 13.1 Å². The van der Waals surface area contributed by atoms with Crippen molar-refractivity contribution in [3.8, 4) is 22.8 Å². The van der Waals surface area contributed by atoms with Gasteiger partial charge in [0.05, 0.1) is 25.0 Å². The van der Waals surface area contributed by atoms with Gasteiger partial charge in [0.15, 0.2) is 4.96 Å². The summed E-state index contributed by atoms with van der Waals surface area (Å²) in [6, 6.07) is 23.5. The number of hydrogen-bond donors (Lipinski definition) is 1. The first-order valence-electron chi connectivity index (χ1n) is 11.8. The second-order valence-electron chi connectivity index (χ2n) is 8.56. The number of imidazole rings is 1. The highest BCUT2D eigenvalue weighted by Crippen LogP contribution is 2.24. The number of carbonyl (C=O) groups is 1. The lowest BCUT2D eigenvalue weighted by Gasteiger charge is -2.07. The van der Waals surface area contributed by atoms with Crippen LogP contribution in [0.15, 0.2) is 96.6 Å². The molecule has 0 fully saturated rings. The van der Waals surface area contributed by atoms with Gasteiger partial charge < -0.3 is 10.1 Å². The monoisotopic (exact) mass is 524 g/mol. The highest BCUT2D eigenvalue weighted by Gasteiger charge is 2.16. The summed E-state index contributed by atoms with van der Waals surface area (Å²) in [5, 5.41) is 13.0. The molecule has 0 aliphatic carbocycles. The molecule has 38 heavy (non-hydrogen) atoms. The molecule has 0 saturated carbocycles. The molecular weight excluding hydrogens is 503 g/mol. The van der Waals surface area contributed by atoms with Crippen molar-refractivity contribution in [2.75, 3.05) is 0 Å². The van der Waals surface area contributed by atoms with Crippen LogP contribution in [0.3, 0.4) is 0 Å². The highest BCUT2D eigenvalue weighted by atomic mass is 32.1. The van der Waals surface area contributed by atoms with Crippen LogP contribution in [0.1, 0.15) is 21.7 Å². The molecule has 0 atom stereocenters.